The highest BCUT2D eigenvalue weighted by Gasteiger charge is 2.34. The summed E-state index contributed by atoms with van der Waals surface area (Å²) in [7, 11) is 0. The molecule has 0 radical (unpaired) electrons. The van der Waals surface area contributed by atoms with Crippen LogP contribution in [0.1, 0.15) is 11.5 Å². The molecule has 2 unspecified atom stereocenters. The Labute approximate surface area is 92.2 Å². The van der Waals surface area contributed by atoms with Crippen LogP contribution in [-0.2, 0) is 9.53 Å². The average molecular weight is 222 g/mol. The fourth-order valence-electron chi connectivity index (χ4n) is 1.75. The molecule has 2 atom stereocenters. The topological polar surface area (TPSA) is 46.5 Å². The van der Waals surface area contributed by atoms with Crippen LogP contribution in [0.5, 0.6) is 0 Å². The van der Waals surface area contributed by atoms with E-state index in [1.165, 1.54) is 24.3 Å². The van der Waals surface area contributed by atoms with Gasteiger partial charge in [-0.05, 0) is 23.3 Å². The van der Waals surface area contributed by atoms with Crippen molar-refractivity contribution in [1.29, 1.82) is 0 Å². The predicted molar refractivity (Wildman–Crippen MR) is 55.2 cm³/mol. The third-order valence-electron chi connectivity index (χ3n) is 2.57. The average Bonchev–Trinajstić information content (AvgIpc) is 2.27. The molecule has 84 valence electrons. The number of aliphatic hydroxyl groups is 1. The van der Waals surface area contributed by atoms with Crippen molar-refractivity contribution in [3.63, 3.8) is 0 Å². The summed E-state index contributed by atoms with van der Waals surface area (Å²) >= 11 is 0. The first-order valence-corrected chi connectivity index (χ1v) is 4.86. The van der Waals surface area contributed by atoms with E-state index < -0.39 is 18.0 Å². The number of aliphatic hydroxyl groups excluding tert-OH is 1. The largest absolute Gasteiger partial charge is 0.362 e. The van der Waals surface area contributed by atoms with E-state index >= 15 is 0 Å². The second-order valence-corrected chi connectivity index (χ2v) is 3.71. The predicted octanol–water partition coefficient (Wildman–Crippen LogP) is 1.38. The fraction of sp³-hybridized carbons (Fsp3) is 0.250. The summed E-state index contributed by atoms with van der Waals surface area (Å²) in [5.74, 6) is -1.43. The van der Waals surface area contributed by atoms with Gasteiger partial charge in [-0.3, -0.25) is 4.79 Å². The number of carbonyl (C=O) groups excluding carboxylic acids is 1. The SMILES string of the molecule is C=C1COC(O)C(=O)C1c1ccc(F)cc1. The summed E-state index contributed by atoms with van der Waals surface area (Å²) in [6, 6.07) is 5.58. The van der Waals surface area contributed by atoms with Crippen molar-refractivity contribution in [2.75, 3.05) is 6.61 Å². The fourth-order valence-corrected chi connectivity index (χ4v) is 1.75. The van der Waals surface area contributed by atoms with Gasteiger partial charge in [0.25, 0.3) is 0 Å². The highest BCUT2D eigenvalue weighted by Crippen LogP contribution is 2.29. The van der Waals surface area contributed by atoms with Crippen molar-refractivity contribution in [3.05, 3.63) is 47.8 Å². The monoisotopic (exact) mass is 222 g/mol. The Kier molecular flexibility index (Phi) is 2.85. The second-order valence-electron chi connectivity index (χ2n) is 3.71. The zero-order valence-corrected chi connectivity index (χ0v) is 8.52. The molecule has 0 spiro atoms. The van der Waals surface area contributed by atoms with E-state index in [9.17, 15) is 14.3 Å². The Morgan fingerprint density at radius 1 is 1.38 bits per heavy atom. The molecule has 1 saturated heterocycles. The van der Waals surface area contributed by atoms with Crippen molar-refractivity contribution in [1.82, 2.24) is 0 Å². The Bertz CT molecular complexity index is 424. The van der Waals surface area contributed by atoms with Gasteiger partial charge in [-0.1, -0.05) is 18.7 Å². The molecule has 1 aromatic carbocycles. The number of hydrogen-bond acceptors (Lipinski definition) is 3. The minimum absolute atomic E-state index is 0.134. The molecule has 1 aliphatic rings. The zero-order valence-electron chi connectivity index (χ0n) is 8.52. The molecule has 1 heterocycles. The van der Waals surface area contributed by atoms with Gasteiger partial charge in [0.05, 0.1) is 12.5 Å². The minimum atomic E-state index is -1.42. The number of carbonyl (C=O) groups is 1. The van der Waals surface area contributed by atoms with Crippen LogP contribution in [-0.4, -0.2) is 23.8 Å². The van der Waals surface area contributed by atoms with Gasteiger partial charge in [-0.15, -0.1) is 0 Å². The quantitative estimate of drug-likeness (QED) is 0.730. The second kappa shape index (κ2) is 4.15. The molecule has 0 aromatic heterocycles. The number of halogens is 1. The van der Waals surface area contributed by atoms with Crippen LogP contribution in [0.15, 0.2) is 36.4 Å². The maximum atomic E-state index is 12.7. The van der Waals surface area contributed by atoms with Crippen LogP contribution < -0.4 is 0 Å². The van der Waals surface area contributed by atoms with Gasteiger partial charge in [-0.2, -0.15) is 0 Å². The van der Waals surface area contributed by atoms with Gasteiger partial charge in [0.15, 0.2) is 5.78 Å². The van der Waals surface area contributed by atoms with Crippen LogP contribution in [0.4, 0.5) is 4.39 Å². The summed E-state index contributed by atoms with van der Waals surface area (Å²) in [5.41, 5.74) is 1.20. The minimum Gasteiger partial charge on any atom is -0.362 e. The van der Waals surface area contributed by atoms with Gasteiger partial charge in [0.1, 0.15) is 5.82 Å². The molecule has 4 heteroatoms. The summed E-state index contributed by atoms with van der Waals surface area (Å²) < 4.78 is 17.6. The lowest BCUT2D eigenvalue weighted by Gasteiger charge is -2.27. The molecule has 0 amide bonds. The molecule has 0 saturated carbocycles. The Morgan fingerprint density at radius 2 is 2.00 bits per heavy atom. The van der Waals surface area contributed by atoms with E-state index in [1.54, 1.807) is 0 Å². The lowest BCUT2D eigenvalue weighted by Crippen LogP contribution is -2.36. The third kappa shape index (κ3) is 1.89. The number of benzene rings is 1. The molecule has 1 aliphatic heterocycles. The smallest absolute Gasteiger partial charge is 0.216 e. The number of ketones is 1. The van der Waals surface area contributed by atoms with E-state index in [2.05, 4.69) is 6.58 Å². The third-order valence-corrected chi connectivity index (χ3v) is 2.57. The number of Topliss-reactive ketones (excluding diaryl/α,β-unsaturated/α-hetero) is 1. The van der Waals surface area contributed by atoms with E-state index in [1.807, 2.05) is 0 Å². The van der Waals surface area contributed by atoms with Gasteiger partial charge >= 0.3 is 0 Å². The van der Waals surface area contributed by atoms with Crippen molar-refractivity contribution in [2.24, 2.45) is 0 Å². The molecule has 16 heavy (non-hydrogen) atoms. The van der Waals surface area contributed by atoms with Crippen LogP contribution in [0.3, 0.4) is 0 Å². The molecule has 1 aromatic rings. The first-order valence-electron chi connectivity index (χ1n) is 4.86. The van der Waals surface area contributed by atoms with E-state index in [0.717, 1.165) is 0 Å². The number of ether oxygens (including phenoxy) is 1. The van der Waals surface area contributed by atoms with Crippen LogP contribution in [0.25, 0.3) is 0 Å². The zero-order chi connectivity index (χ0) is 11.7. The molecule has 2 rings (SSSR count). The highest BCUT2D eigenvalue weighted by atomic mass is 19.1. The summed E-state index contributed by atoms with van der Waals surface area (Å²) in [6.45, 7) is 3.86. The van der Waals surface area contributed by atoms with Gasteiger partial charge in [-0.25, -0.2) is 4.39 Å². The highest BCUT2D eigenvalue weighted by molar-refractivity contribution is 5.92. The Hall–Kier alpha value is -1.52. The van der Waals surface area contributed by atoms with Crippen LogP contribution in [0.2, 0.25) is 0 Å². The molecule has 0 bridgehead atoms. The standard InChI is InChI=1S/C12H11FO3/c1-7-6-16-12(15)11(14)10(7)8-2-4-9(13)5-3-8/h2-5,10,12,15H,1,6H2. The van der Waals surface area contributed by atoms with Crippen LogP contribution in [0, 0.1) is 5.82 Å². The number of hydrogen-bond donors (Lipinski definition) is 1. The number of rotatable bonds is 1. The molecule has 1 N–H and O–H groups in total. The molecule has 0 aliphatic carbocycles. The lowest BCUT2D eigenvalue weighted by molar-refractivity contribution is -0.160. The lowest BCUT2D eigenvalue weighted by atomic mass is 9.86. The van der Waals surface area contributed by atoms with E-state index in [4.69, 9.17) is 4.74 Å². The molecule has 3 nitrogen and oxygen atoms in total. The van der Waals surface area contributed by atoms with Crippen molar-refractivity contribution in [2.45, 2.75) is 12.2 Å². The first-order chi connectivity index (χ1) is 7.59. The summed E-state index contributed by atoms with van der Waals surface area (Å²) in [5, 5.41) is 9.29. The molecular formula is C12H11FO3. The Balaban J connectivity index is 2.34. The van der Waals surface area contributed by atoms with Crippen molar-refractivity contribution >= 4 is 5.78 Å². The van der Waals surface area contributed by atoms with Gasteiger partial charge in [0.2, 0.25) is 6.29 Å². The molecular weight excluding hydrogens is 211 g/mol. The maximum absolute atomic E-state index is 12.7. The normalized spacial score (nSPS) is 25.9. The van der Waals surface area contributed by atoms with E-state index in [-0.39, 0.29) is 12.4 Å². The summed E-state index contributed by atoms with van der Waals surface area (Å²) in [4.78, 5) is 11.7. The van der Waals surface area contributed by atoms with E-state index in [0.29, 0.717) is 11.1 Å². The summed E-state index contributed by atoms with van der Waals surface area (Å²) in [6.07, 6.45) is -1.42. The molecule has 1 fully saturated rings. The van der Waals surface area contributed by atoms with Crippen molar-refractivity contribution < 1.29 is 19.0 Å². The maximum Gasteiger partial charge on any atom is 0.216 e. The van der Waals surface area contributed by atoms with Crippen LogP contribution >= 0.6 is 0 Å². The van der Waals surface area contributed by atoms with Gasteiger partial charge < -0.3 is 9.84 Å². The van der Waals surface area contributed by atoms with Gasteiger partial charge in [0, 0.05) is 0 Å². The Morgan fingerprint density at radius 3 is 2.62 bits per heavy atom. The first kappa shape index (κ1) is 11.0. The van der Waals surface area contributed by atoms with Crippen molar-refractivity contribution in [3.8, 4) is 0 Å².